The van der Waals surface area contributed by atoms with Gasteiger partial charge in [-0.25, -0.2) is 4.98 Å². The number of nitrogens with one attached hydrogen (secondary N) is 3. The number of piperazine rings is 1. The number of carbonyl (C=O) groups excluding carboxylic acids is 2. The summed E-state index contributed by atoms with van der Waals surface area (Å²) in [5, 5.41) is 9.51. The SMILES string of the molecule is CCNc1cccnc1N1CCN(C(=O)c2ccc(C(=O)NCCC3CNCCO3)cn2)CC1. The topological polar surface area (TPSA) is 112 Å². The highest BCUT2D eigenvalue weighted by Crippen LogP contribution is 2.24. The molecule has 10 heteroatoms. The van der Waals surface area contributed by atoms with E-state index in [1.165, 1.54) is 6.20 Å². The number of aromatic nitrogens is 2. The first-order valence-electron chi connectivity index (χ1n) is 12.0. The lowest BCUT2D eigenvalue weighted by Gasteiger charge is -2.36. The molecule has 0 spiro atoms. The normalized spacial score (nSPS) is 18.4. The van der Waals surface area contributed by atoms with Crippen molar-refractivity contribution in [1.29, 1.82) is 0 Å². The first-order valence-corrected chi connectivity index (χ1v) is 12.0. The molecule has 2 aliphatic heterocycles. The summed E-state index contributed by atoms with van der Waals surface area (Å²) in [7, 11) is 0. The van der Waals surface area contributed by atoms with Crippen LogP contribution in [0.15, 0.2) is 36.7 Å². The molecule has 0 bridgehead atoms. The summed E-state index contributed by atoms with van der Waals surface area (Å²) >= 11 is 0. The largest absolute Gasteiger partial charge is 0.382 e. The Bertz CT molecular complexity index is 955. The van der Waals surface area contributed by atoms with Crippen molar-refractivity contribution in [3.8, 4) is 0 Å². The molecule has 2 aromatic heterocycles. The fourth-order valence-electron chi connectivity index (χ4n) is 4.17. The van der Waals surface area contributed by atoms with Crippen molar-refractivity contribution in [2.75, 3.05) is 69.2 Å². The molecule has 0 aromatic carbocycles. The maximum Gasteiger partial charge on any atom is 0.272 e. The average Bonchev–Trinajstić information content (AvgIpc) is 2.89. The quantitative estimate of drug-likeness (QED) is 0.527. The van der Waals surface area contributed by atoms with E-state index in [4.69, 9.17) is 4.74 Å². The molecular weight excluding hydrogens is 434 g/mol. The number of rotatable bonds is 8. The van der Waals surface area contributed by atoms with Gasteiger partial charge in [0.15, 0.2) is 5.82 Å². The molecule has 2 aromatic rings. The monoisotopic (exact) mass is 467 g/mol. The van der Waals surface area contributed by atoms with E-state index in [0.29, 0.717) is 50.6 Å². The molecule has 1 unspecified atom stereocenters. The van der Waals surface area contributed by atoms with Crippen LogP contribution in [-0.4, -0.2) is 91.8 Å². The number of anilines is 2. The van der Waals surface area contributed by atoms with Gasteiger partial charge in [-0.1, -0.05) is 0 Å². The second kappa shape index (κ2) is 11.8. The first kappa shape index (κ1) is 23.9. The predicted octanol–water partition coefficient (Wildman–Crippen LogP) is 0.979. The van der Waals surface area contributed by atoms with Gasteiger partial charge in [-0.05, 0) is 37.6 Å². The Balaban J connectivity index is 1.26. The highest BCUT2D eigenvalue weighted by molar-refractivity contribution is 5.96. The number of pyridine rings is 2. The third-order valence-corrected chi connectivity index (χ3v) is 6.02. The highest BCUT2D eigenvalue weighted by Gasteiger charge is 2.25. The van der Waals surface area contributed by atoms with Crippen LogP contribution in [-0.2, 0) is 4.74 Å². The zero-order chi connectivity index (χ0) is 23.8. The summed E-state index contributed by atoms with van der Waals surface area (Å²) in [5.41, 5.74) is 1.79. The van der Waals surface area contributed by atoms with Gasteiger partial charge in [-0.15, -0.1) is 0 Å². The van der Waals surface area contributed by atoms with Crippen molar-refractivity contribution < 1.29 is 14.3 Å². The van der Waals surface area contributed by atoms with Gasteiger partial charge in [0, 0.05) is 64.8 Å². The van der Waals surface area contributed by atoms with Crippen LogP contribution < -0.4 is 20.9 Å². The lowest BCUT2D eigenvalue weighted by atomic mass is 10.2. The molecule has 182 valence electrons. The van der Waals surface area contributed by atoms with Gasteiger partial charge < -0.3 is 30.5 Å². The number of amides is 2. The van der Waals surface area contributed by atoms with E-state index >= 15 is 0 Å². The molecule has 4 rings (SSSR count). The van der Waals surface area contributed by atoms with E-state index in [1.54, 1.807) is 23.2 Å². The Morgan fingerprint density at radius 3 is 2.74 bits per heavy atom. The summed E-state index contributed by atoms with van der Waals surface area (Å²) in [6.45, 7) is 8.35. The van der Waals surface area contributed by atoms with E-state index in [2.05, 4.69) is 37.7 Å². The Morgan fingerprint density at radius 2 is 2.03 bits per heavy atom. The Morgan fingerprint density at radius 1 is 1.18 bits per heavy atom. The maximum absolute atomic E-state index is 12.9. The van der Waals surface area contributed by atoms with Crippen molar-refractivity contribution in [2.45, 2.75) is 19.4 Å². The van der Waals surface area contributed by atoms with Crippen molar-refractivity contribution in [2.24, 2.45) is 0 Å². The zero-order valence-corrected chi connectivity index (χ0v) is 19.6. The minimum atomic E-state index is -0.198. The second-order valence-corrected chi connectivity index (χ2v) is 8.36. The van der Waals surface area contributed by atoms with Crippen molar-refractivity contribution in [3.63, 3.8) is 0 Å². The molecule has 34 heavy (non-hydrogen) atoms. The molecule has 0 saturated carbocycles. The molecule has 3 N–H and O–H groups in total. The predicted molar refractivity (Wildman–Crippen MR) is 130 cm³/mol. The van der Waals surface area contributed by atoms with Gasteiger partial charge in [0.25, 0.3) is 11.8 Å². The number of hydrogen-bond donors (Lipinski definition) is 3. The van der Waals surface area contributed by atoms with Crippen LogP contribution in [0.1, 0.15) is 34.2 Å². The Hall–Kier alpha value is -3.24. The van der Waals surface area contributed by atoms with E-state index in [0.717, 1.165) is 37.6 Å². The third kappa shape index (κ3) is 6.00. The van der Waals surface area contributed by atoms with Gasteiger partial charge in [0.1, 0.15) is 5.69 Å². The molecule has 2 aliphatic rings. The standard InChI is InChI=1S/C24H33N7O3/c1-2-26-20-4-3-8-27-22(20)30-11-13-31(14-12-30)24(33)21-6-5-18(16-29-21)23(32)28-9-7-19-17-25-10-15-34-19/h3-6,8,16,19,25-26H,2,7,9-15,17H2,1H3,(H,28,32). The van der Waals surface area contributed by atoms with Crippen molar-refractivity contribution in [1.82, 2.24) is 25.5 Å². The molecule has 1 atom stereocenters. The number of nitrogens with zero attached hydrogens (tertiary/aromatic N) is 4. The van der Waals surface area contributed by atoms with Gasteiger partial charge in [-0.2, -0.15) is 0 Å². The molecule has 2 fully saturated rings. The van der Waals surface area contributed by atoms with Crippen LogP contribution in [0.5, 0.6) is 0 Å². The van der Waals surface area contributed by atoms with Crippen LogP contribution in [0.4, 0.5) is 11.5 Å². The van der Waals surface area contributed by atoms with E-state index < -0.39 is 0 Å². The third-order valence-electron chi connectivity index (χ3n) is 6.02. The second-order valence-electron chi connectivity index (χ2n) is 8.36. The molecular formula is C24H33N7O3. The van der Waals surface area contributed by atoms with E-state index in [9.17, 15) is 9.59 Å². The molecule has 0 aliphatic carbocycles. The summed E-state index contributed by atoms with van der Waals surface area (Å²) < 4.78 is 5.64. The van der Waals surface area contributed by atoms with Gasteiger partial charge in [0.2, 0.25) is 0 Å². The lowest BCUT2D eigenvalue weighted by molar-refractivity contribution is 0.0239. The Labute approximate surface area is 200 Å². The summed E-state index contributed by atoms with van der Waals surface area (Å²) in [5.74, 6) is 0.591. The molecule has 0 radical (unpaired) electrons. The molecule has 10 nitrogen and oxygen atoms in total. The Kier molecular flexibility index (Phi) is 8.26. The smallest absolute Gasteiger partial charge is 0.272 e. The van der Waals surface area contributed by atoms with Crippen LogP contribution in [0.25, 0.3) is 0 Å². The number of ether oxygens (including phenoxy) is 1. The lowest BCUT2D eigenvalue weighted by Crippen LogP contribution is -2.49. The fourth-order valence-corrected chi connectivity index (χ4v) is 4.17. The van der Waals surface area contributed by atoms with E-state index in [1.807, 2.05) is 12.1 Å². The van der Waals surface area contributed by atoms with Gasteiger partial charge in [-0.3, -0.25) is 14.6 Å². The summed E-state index contributed by atoms with van der Waals surface area (Å²) in [6, 6.07) is 7.21. The van der Waals surface area contributed by atoms with Crippen molar-refractivity contribution in [3.05, 3.63) is 47.9 Å². The van der Waals surface area contributed by atoms with Crippen LogP contribution in [0.2, 0.25) is 0 Å². The minimum absolute atomic E-state index is 0.124. The first-order chi connectivity index (χ1) is 16.7. The van der Waals surface area contributed by atoms with Crippen LogP contribution >= 0.6 is 0 Å². The molecule has 2 saturated heterocycles. The maximum atomic E-state index is 12.9. The average molecular weight is 468 g/mol. The van der Waals surface area contributed by atoms with Crippen LogP contribution in [0.3, 0.4) is 0 Å². The summed E-state index contributed by atoms with van der Waals surface area (Å²) in [4.78, 5) is 38.1. The number of carbonyl (C=O) groups is 2. The zero-order valence-electron chi connectivity index (χ0n) is 19.6. The molecule has 2 amide bonds. The number of hydrogen-bond acceptors (Lipinski definition) is 8. The summed E-state index contributed by atoms with van der Waals surface area (Å²) in [6.07, 6.45) is 4.13. The molecule has 4 heterocycles. The van der Waals surface area contributed by atoms with Crippen LogP contribution in [0, 0.1) is 0 Å². The fraction of sp³-hybridized carbons (Fsp3) is 0.500. The minimum Gasteiger partial charge on any atom is -0.382 e. The number of morpholine rings is 1. The van der Waals surface area contributed by atoms with E-state index in [-0.39, 0.29) is 17.9 Å². The van der Waals surface area contributed by atoms with Crippen molar-refractivity contribution >= 4 is 23.3 Å². The highest BCUT2D eigenvalue weighted by atomic mass is 16.5. The van der Waals surface area contributed by atoms with Gasteiger partial charge >= 0.3 is 0 Å². The van der Waals surface area contributed by atoms with Gasteiger partial charge in [0.05, 0.1) is 24.0 Å².